The van der Waals surface area contributed by atoms with E-state index >= 15 is 0 Å². The van der Waals surface area contributed by atoms with E-state index in [9.17, 15) is 0 Å². The molecule has 1 radical (unpaired) electrons. The SMILES string of the molecule is CC[C@@H]1Cc2ccccc2[C]1[C@@H]1c2ccccc2C[C@@H]1CC. The van der Waals surface area contributed by atoms with Crippen molar-refractivity contribution < 1.29 is 0 Å². The lowest BCUT2D eigenvalue weighted by atomic mass is 9.73. The first-order valence-corrected chi connectivity index (χ1v) is 8.86. The van der Waals surface area contributed by atoms with Crippen LogP contribution in [0.1, 0.15) is 54.9 Å². The zero-order valence-electron chi connectivity index (χ0n) is 13.7. The molecule has 3 atom stereocenters. The number of hydrogen-bond donors (Lipinski definition) is 0. The van der Waals surface area contributed by atoms with E-state index in [2.05, 4.69) is 62.4 Å². The minimum atomic E-state index is 0.648. The first kappa shape index (κ1) is 14.1. The van der Waals surface area contributed by atoms with E-state index in [-0.39, 0.29) is 0 Å². The summed E-state index contributed by atoms with van der Waals surface area (Å²) in [7, 11) is 0. The fourth-order valence-electron chi connectivity index (χ4n) is 4.84. The Morgan fingerprint density at radius 2 is 1.55 bits per heavy atom. The summed E-state index contributed by atoms with van der Waals surface area (Å²) in [5, 5.41) is 0. The van der Waals surface area contributed by atoms with Gasteiger partial charge in [0.05, 0.1) is 0 Å². The van der Waals surface area contributed by atoms with Crippen molar-refractivity contribution in [1.29, 1.82) is 0 Å². The quantitative estimate of drug-likeness (QED) is 0.694. The molecule has 0 heteroatoms. The Bertz CT molecular complexity index is 610. The van der Waals surface area contributed by atoms with Crippen molar-refractivity contribution in [2.24, 2.45) is 11.8 Å². The average Bonchev–Trinajstić information content (AvgIpc) is 3.11. The van der Waals surface area contributed by atoms with Crippen LogP contribution in [0.5, 0.6) is 0 Å². The molecule has 2 aliphatic carbocycles. The van der Waals surface area contributed by atoms with Crippen molar-refractivity contribution in [3.8, 4) is 0 Å². The van der Waals surface area contributed by atoms with Gasteiger partial charge < -0.3 is 0 Å². The summed E-state index contributed by atoms with van der Waals surface area (Å²) < 4.78 is 0. The van der Waals surface area contributed by atoms with Gasteiger partial charge in [-0.25, -0.2) is 0 Å². The van der Waals surface area contributed by atoms with Gasteiger partial charge in [0.25, 0.3) is 0 Å². The minimum Gasteiger partial charge on any atom is -0.0651 e. The molecule has 0 saturated heterocycles. The monoisotopic (exact) mass is 289 g/mol. The lowest BCUT2D eigenvalue weighted by molar-refractivity contribution is 0.407. The van der Waals surface area contributed by atoms with Crippen molar-refractivity contribution in [3.05, 3.63) is 76.7 Å². The second kappa shape index (κ2) is 5.57. The summed E-state index contributed by atoms with van der Waals surface area (Å²) in [6.45, 7) is 4.73. The van der Waals surface area contributed by atoms with Crippen molar-refractivity contribution in [2.75, 3.05) is 0 Å². The molecule has 22 heavy (non-hydrogen) atoms. The summed E-state index contributed by atoms with van der Waals surface area (Å²) in [5.41, 5.74) is 6.34. The van der Waals surface area contributed by atoms with E-state index in [0.29, 0.717) is 5.92 Å². The van der Waals surface area contributed by atoms with Crippen LogP contribution in [0.2, 0.25) is 0 Å². The third kappa shape index (κ3) is 2.04. The molecule has 113 valence electrons. The lowest BCUT2D eigenvalue weighted by Gasteiger charge is -2.30. The molecule has 0 aromatic heterocycles. The smallest absolute Gasteiger partial charge is 0.0164 e. The van der Waals surface area contributed by atoms with Crippen LogP contribution in [0.4, 0.5) is 0 Å². The van der Waals surface area contributed by atoms with Gasteiger partial charge in [-0.1, -0.05) is 75.2 Å². The van der Waals surface area contributed by atoms with Crippen LogP contribution < -0.4 is 0 Å². The van der Waals surface area contributed by atoms with Gasteiger partial charge in [0.15, 0.2) is 0 Å². The number of benzene rings is 2. The lowest BCUT2D eigenvalue weighted by Crippen LogP contribution is -2.21. The molecule has 2 aromatic rings. The molecule has 0 unspecified atom stereocenters. The van der Waals surface area contributed by atoms with Gasteiger partial charge in [-0.05, 0) is 52.8 Å². The molecule has 0 fully saturated rings. The van der Waals surface area contributed by atoms with Crippen LogP contribution in [0.3, 0.4) is 0 Å². The fourth-order valence-corrected chi connectivity index (χ4v) is 4.84. The maximum absolute atomic E-state index is 2.39. The van der Waals surface area contributed by atoms with E-state index in [1.807, 2.05) is 0 Å². The van der Waals surface area contributed by atoms with Crippen LogP contribution in [-0.4, -0.2) is 0 Å². The summed E-state index contributed by atoms with van der Waals surface area (Å²) in [5.74, 6) is 3.92. The Balaban J connectivity index is 1.82. The van der Waals surface area contributed by atoms with Gasteiger partial charge >= 0.3 is 0 Å². The van der Waals surface area contributed by atoms with Gasteiger partial charge in [-0.3, -0.25) is 0 Å². The maximum Gasteiger partial charge on any atom is 0.0164 e. The second-order valence-corrected chi connectivity index (χ2v) is 6.97. The maximum atomic E-state index is 2.39. The van der Waals surface area contributed by atoms with E-state index < -0.39 is 0 Å². The van der Waals surface area contributed by atoms with Gasteiger partial charge in [0.2, 0.25) is 0 Å². The van der Waals surface area contributed by atoms with E-state index in [1.54, 1.807) is 28.2 Å². The molecule has 0 heterocycles. The summed E-state index contributed by atoms with van der Waals surface area (Å²) >= 11 is 0. The molecule has 0 saturated carbocycles. The Morgan fingerprint density at radius 3 is 2.32 bits per heavy atom. The van der Waals surface area contributed by atoms with Crippen molar-refractivity contribution in [1.82, 2.24) is 0 Å². The Labute approximate surface area is 134 Å². The number of fused-ring (bicyclic) bond motifs is 2. The van der Waals surface area contributed by atoms with Gasteiger partial charge in [-0.2, -0.15) is 0 Å². The molecule has 4 rings (SSSR count). The Morgan fingerprint density at radius 1 is 0.818 bits per heavy atom. The highest BCUT2D eigenvalue weighted by Gasteiger charge is 2.44. The first-order valence-electron chi connectivity index (χ1n) is 8.86. The van der Waals surface area contributed by atoms with E-state index in [4.69, 9.17) is 0 Å². The molecule has 2 aromatic carbocycles. The number of rotatable bonds is 3. The number of hydrogen-bond acceptors (Lipinski definition) is 0. The highest BCUT2D eigenvalue weighted by atomic mass is 14.5. The topological polar surface area (TPSA) is 0 Å². The van der Waals surface area contributed by atoms with E-state index in [0.717, 1.165) is 11.8 Å². The summed E-state index contributed by atoms with van der Waals surface area (Å²) in [6.07, 6.45) is 5.05. The standard InChI is InChI=1S/C22H25/c1-3-15-13-17-9-5-7-11-19(17)21(15)22-16(4-2)14-18-10-6-8-12-20(18)22/h5-12,15-16,21H,3-4,13-14H2,1-2H3/t15-,16+,21-/m0/s1. The third-order valence-corrected chi connectivity index (χ3v) is 5.93. The molecule has 0 spiro atoms. The normalized spacial score (nSPS) is 26.9. The highest BCUT2D eigenvalue weighted by molar-refractivity contribution is 5.53. The third-order valence-electron chi connectivity index (χ3n) is 5.93. The zero-order valence-corrected chi connectivity index (χ0v) is 13.7. The summed E-state index contributed by atoms with van der Waals surface area (Å²) in [6, 6.07) is 18.3. The van der Waals surface area contributed by atoms with Crippen LogP contribution >= 0.6 is 0 Å². The largest absolute Gasteiger partial charge is 0.0651 e. The predicted molar refractivity (Wildman–Crippen MR) is 92.9 cm³/mol. The average molecular weight is 289 g/mol. The van der Waals surface area contributed by atoms with Crippen LogP contribution in [0.15, 0.2) is 48.5 Å². The molecule has 2 aliphatic rings. The fraction of sp³-hybridized carbons (Fsp3) is 0.409. The van der Waals surface area contributed by atoms with Gasteiger partial charge in [0.1, 0.15) is 0 Å². The molecule has 0 N–H and O–H groups in total. The van der Waals surface area contributed by atoms with Gasteiger partial charge in [-0.15, -0.1) is 0 Å². The molecule has 0 bridgehead atoms. The van der Waals surface area contributed by atoms with Crippen molar-refractivity contribution in [3.63, 3.8) is 0 Å². The van der Waals surface area contributed by atoms with Crippen molar-refractivity contribution in [2.45, 2.75) is 45.4 Å². The van der Waals surface area contributed by atoms with E-state index in [1.165, 1.54) is 25.7 Å². The van der Waals surface area contributed by atoms with Crippen LogP contribution in [0.25, 0.3) is 0 Å². The highest BCUT2D eigenvalue weighted by Crippen LogP contribution is 2.54. The first-order chi connectivity index (χ1) is 10.8. The minimum absolute atomic E-state index is 0.648. The summed E-state index contributed by atoms with van der Waals surface area (Å²) in [4.78, 5) is 0. The molecular formula is C22H25. The molecule has 0 amide bonds. The zero-order chi connectivity index (χ0) is 15.1. The molecule has 0 nitrogen and oxygen atoms in total. The second-order valence-electron chi connectivity index (χ2n) is 6.97. The van der Waals surface area contributed by atoms with Crippen LogP contribution in [0, 0.1) is 17.8 Å². The van der Waals surface area contributed by atoms with Crippen molar-refractivity contribution >= 4 is 0 Å². The van der Waals surface area contributed by atoms with Gasteiger partial charge in [0, 0.05) is 5.92 Å². The Hall–Kier alpha value is -1.56. The Kier molecular flexibility index (Phi) is 3.56. The van der Waals surface area contributed by atoms with Crippen LogP contribution in [-0.2, 0) is 12.8 Å². The molecule has 0 aliphatic heterocycles. The predicted octanol–water partition coefficient (Wildman–Crippen LogP) is 5.56. The molecular weight excluding hydrogens is 264 g/mol.